The Morgan fingerprint density at radius 1 is 1.82 bits per heavy atom. The molecule has 0 aliphatic heterocycles. The summed E-state index contributed by atoms with van der Waals surface area (Å²) in [5.74, 6) is 0.956. The van der Waals surface area contributed by atoms with E-state index in [9.17, 15) is 0 Å². The Kier molecular flexibility index (Phi) is 3.68. The van der Waals surface area contributed by atoms with E-state index in [4.69, 9.17) is 10.5 Å². The van der Waals surface area contributed by atoms with Gasteiger partial charge in [0.2, 0.25) is 0 Å². The summed E-state index contributed by atoms with van der Waals surface area (Å²) in [6.07, 6.45) is 1.79. The molecular formula is C6H10N2OS2. The summed E-state index contributed by atoms with van der Waals surface area (Å²) in [5, 5.41) is 0.630. The third kappa shape index (κ3) is 3.09. The van der Waals surface area contributed by atoms with Gasteiger partial charge in [-0.25, -0.2) is 4.98 Å². The summed E-state index contributed by atoms with van der Waals surface area (Å²) in [7, 11) is 1.70. The molecule has 0 saturated heterocycles. The molecular weight excluding hydrogens is 180 g/mol. The van der Waals surface area contributed by atoms with Gasteiger partial charge in [0.25, 0.3) is 0 Å². The fraction of sp³-hybridized carbons (Fsp3) is 0.500. The van der Waals surface area contributed by atoms with Gasteiger partial charge >= 0.3 is 0 Å². The minimum Gasteiger partial charge on any atom is -0.384 e. The van der Waals surface area contributed by atoms with Gasteiger partial charge < -0.3 is 10.5 Å². The van der Waals surface area contributed by atoms with Crippen molar-refractivity contribution in [3.63, 3.8) is 0 Å². The first-order valence-corrected chi connectivity index (χ1v) is 4.96. The van der Waals surface area contributed by atoms with Crippen LogP contribution in [-0.4, -0.2) is 24.5 Å². The van der Waals surface area contributed by atoms with Crippen LogP contribution in [-0.2, 0) is 4.74 Å². The lowest BCUT2D eigenvalue weighted by atomic mass is 10.9. The highest BCUT2D eigenvalue weighted by Gasteiger charge is 1.97. The highest BCUT2D eigenvalue weighted by atomic mass is 32.2. The van der Waals surface area contributed by atoms with Crippen molar-refractivity contribution in [3.8, 4) is 0 Å². The van der Waals surface area contributed by atoms with Crippen molar-refractivity contribution >= 4 is 28.2 Å². The van der Waals surface area contributed by atoms with Crippen molar-refractivity contribution in [2.45, 2.75) is 4.21 Å². The third-order valence-corrected chi connectivity index (χ3v) is 3.02. The Balaban J connectivity index is 2.27. The molecule has 0 fully saturated rings. The summed E-state index contributed by atoms with van der Waals surface area (Å²) >= 11 is 3.23. The fourth-order valence-electron chi connectivity index (χ4n) is 0.564. The lowest BCUT2D eigenvalue weighted by Gasteiger charge is -1.94. The van der Waals surface area contributed by atoms with E-state index in [-0.39, 0.29) is 0 Å². The lowest BCUT2D eigenvalue weighted by molar-refractivity contribution is 0.218. The van der Waals surface area contributed by atoms with Gasteiger partial charge in [-0.15, -0.1) is 11.8 Å². The molecule has 0 radical (unpaired) electrons. The highest BCUT2D eigenvalue weighted by molar-refractivity contribution is 8.01. The Morgan fingerprint density at radius 3 is 3.18 bits per heavy atom. The van der Waals surface area contributed by atoms with Crippen LogP contribution < -0.4 is 5.73 Å². The van der Waals surface area contributed by atoms with Gasteiger partial charge in [-0.05, 0) is 0 Å². The van der Waals surface area contributed by atoms with Gasteiger partial charge in [-0.2, -0.15) is 0 Å². The number of nitrogens with zero attached hydrogens (tertiary/aromatic N) is 1. The number of hydrogen-bond acceptors (Lipinski definition) is 5. The Labute approximate surface area is 74.0 Å². The molecule has 2 N–H and O–H groups in total. The standard InChI is InChI=1S/C6H10N2OS2/c1-9-2-3-10-5-4-8-6(7)11-5/h4H,2-3H2,1H3,(H2,7,8). The zero-order valence-electron chi connectivity index (χ0n) is 6.24. The van der Waals surface area contributed by atoms with Crippen molar-refractivity contribution in [1.29, 1.82) is 0 Å². The molecule has 1 heterocycles. The molecule has 0 aliphatic rings. The van der Waals surface area contributed by atoms with Crippen LogP contribution in [0.2, 0.25) is 0 Å². The molecule has 0 saturated carbocycles. The molecule has 0 atom stereocenters. The second-order valence-electron chi connectivity index (χ2n) is 1.86. The molecule has 11 heavy (non-hydrogen) atoms. The quantitative estimate of drug-likeness (QED) is 0.577. The second kappa shape index (κ2) is 4.58. The predicted octanol–water partition coefficient (Wildman–Crippen LogP) is 1.46. The molecule has 0 spiro atoms. The van der Waals surface area contributed by atoms with E-state index in [1.54, 1.807) is 25.1 Å². The van der Waals surface area contributed by atoms with Gasteiger partial charge in [0, 0.05) is 12.9 Å². The fourth-order valence-corrected chi connectivity index (χ4v) is 2.30. The number of thiazole rings is 1. The predicted molar refractivity (Wildman–Crippen MR) is 49.1 cm³/mol. The van der Waals surface area contributed by atoms with Crippen molar-refractivity contribution in [3.05, 3.63) is 6.20 Å². The number of aromatic nitrogens is 1. The third-order valence-electron chi connectivity index (χ3n) is 1.03. The Hall–Kier alpha value is -0.260. The highest BCUT2D eigenvalue weighted by Crippen LogP contribution is 2.25. The number of nitrogens with two attached hydrogens (primary N) is 1. The van der Waals surface area contributed by atoms with E-state index >= 15 is 0 Å². The normalized spacial score (nSPS) is 10.3. The summed E-state index contributed by atoms with van der Waals surface area (Å²) in [5.41, 5.74) is 5.45. The maximum absolute atomic E-state index is 5.45. The van der Waals surface area contributed by atoms with Crippen LogP contribution in [0.4, 0.5) is 5.13 Å². The number of ether oxygens (including phenoxy) is 1. The average Bonchev–Trinajstić information content (AvgIpc) is 2.37. The van der Waals surface area contributed by atoms with E-state index in [0.717, 1.165) is 16.6 Å². The molecule has 3 nitrogen and oxygen atoms in total. The minimum absolute atomic E-state index is 0.630. The summed E-state index contributed by atoms with van der Waals surface area (Å²) < 4.78 is 6.05. The molecule has 62 valence electrons. The first-order valence-electron chi connectivity index (χ1n) is 3.16. The van der Waals surface area contributed by atoms with Crippen molar-refractivity contribution in [2.24, 2.45) is 0 Å². The number of anilines is 1. The van der Waals surface area contributed by atoms with Crippen LogP contribution in [0.15, 0.2) is 10.4 Å². The zero-order chi connectivity index (χ0) is 8.10. The number of methoxy groups -OCH3 is 1. The van der Waals surface area contributed by atoms with Gasteiger partial charge in [-0.1, -0.05) is 11.3 Å². The average molecular weight is 190 g/mol. The van der Waals surface area contributed by atoms with Crippen LogP contribution >= 0.6 is 23.1 Å². The summed E-state index contributed by atoms with van der Waals surface area (Å²) in [6.45, 7) is 0.766. The van der Waals surface area contributed by atoms with Crippen LogP contribution in [0.25, 0.3) is 0 Å². The lowest BCUT2D eigenvalue weighted by Crippen LogP contribution is -1.89. The maximum atomic E-state index is 5.45. The molecule has 0 aliphatic carbocycles. The molecule has 0 bridgehead atoms. The SMILES string of the molecule is COCCSc1cnc(N)s1. The topological polar surface area (TPSA) is 48.1 Å². The van der Waals surface area contributed by atoms with Gasteiger partial charge in [0.1, 0.15) is 0 Å². The van der Waals surface area contributed by atoms with Gasteiger partial charge in [0.15, 0.2) is 5.13 Å². The van der Waals surface area contributed by atoms with E-state index in [1.807, 2.05) is 0 Å². The van der Waals surface area contributed by atoms with Crippen LogP contribution in [0.3, 0.4) is 0 Å². The molecule has 0 unspecified atom stereocenters. The van der Waals surface area contributed by atoms with Crippen LogP contribution in [0.1, 0.15) is 0 Å². The molecule has 1 aromatic rings. The molecule has 1 aromatic heterocycles. The zero-order valence-corrected chi connectivity index (χ0v) is 7.87. The van der Waals surface area contributed by atoms with Gasteiger partial charge in [0.05, 0.1) is 17.0 Å². The van der Waals surface area contributed by atoms with E-state index < -0.39 is 0 Å². The summed E-state index contributed by atoms with van der Waals surface area (Å²) in [6, 6.07) is 0. The monoisotopic (exact) mass is 190 g/mol. The molecule has 5 heteroatoms. The van der Waals surface area contributed by atoms with E-state index in [1.165, 1.54) is 11.3 Å². The van der Waals surface area contributed by atoms with E-state index in [2.05, 4.69) is 4.98 Å². The number of thioether (sulfide) groups is 1. The Bertz CT molecular complexity index is 214. The molecule has 0 amide bonds. The van der Waals surface area contributed by atoms with Crippen molar-refractivity contribution < 1.29 is 4.74 Å². The smallest absolute Gasteiger partial charge is 0.181 e. The van der Waals surface area contributed by atoms with Crippen molar-refractivity contribution in [1.82, 2.24) is 4.98 Å². The van der Waals surface area contributed by atoms with Crippen LogP contribution in [0, 0.1) is 0 Å². The van der Waals surface area contributed by atoms with Crippen LogP contribution in [0.5, 0.6) is 0 Å². The second-order valence-corrected chi connectivity index (χ2v) is 4.32. The molecule has 0 aromatic carbocycles. The first-order chi connectivity index (χ1) is 5.33. The number of rotatable bonds is 4. The molecule has 1 rings (SSSR count). The first kappa shape index (κ1) is 8.83. The van der Waals surface area contributed by atoms with E-state index in [0.29, 0.717) is 5.13 Å². The number of nitrogen functional groups attached to an aromatic ring is 1. The van der Waals surface area contributed by atoms with Crippen molar-refractivity contribution in [2.75, 3.05) is 25.2 Å². The largest absolute Gasteiger partial charge is 0.384 e. The van der Waals surface area contributed by atoms with Gasteiger partial charge in [-0.3, -0.25) is 0 Å². The minimum atomic E-state index is 0.630. The maximum Gasteiger partial charge on any atom is 0.181 e. The summed E-state index contributed by atoms with van der Waals surface area (Å²) in [4.78, 5) is 3.93. The Morgan fingerprint density at radius 2 is 2.64 bits per heavy atom. The number of hydrogen-bond donors (Lipinski definition) is 1.